The number of alkyl halides is 3. The summed E-state index contributed by atoms with van der Waals surface area (Å²) in [6, 6.07) is 3.14. The van der Waals surface area contributed by atoms with Crippen molar-refractivity contribution in [3.63, 3.8) is 0 Å². The van der Waals surface area contributed by atoms with E-state index >= 15 is 0 Å². The van der Waals surface area contributed by atoms with Crippen LogP contribution in [0.1, 0.15) is 33.4 Å². The zero-order valence-electron chi connectivity index (χ0n) is 15.3. The molecule has 27 heavy (non-hydrogen) atoms. The summed E-state index contributed by atoms with van der Waals surface area (Å²) in [5.41, 5.74) is -4.08. The normalized spacial score (nSPS) is 22.5. The second kappa shape index (κ2) is 7.08. The minimum absolute atomic E-state index is 0.0796. The van der Waals surface area contributed by atoms with Crippen LogP contribution in [0.4, 0.5) is 19.0 Å². The molecule has 2 rings (SSSR count). The Bertz CT molecular complexity index is 732. The van der Waals surface area contributed by atoms with Gasteiger partial charge in [-0.05, 0) is 39.8 Å². The fraction of sp³-hybridized carbons (Fsp3) is 0.588. The number of rotatable bonds is 3. The molecule has 2 atom stereocenters. The largest absolute Gasteiger partial charge is 0.458 e. The number of carbonyl (C=O) groups is 2. The number of morpholine rings is 1. The van der Waals surface area contributed by atoms with Gasteiger partial charge in [0, 0.05) is 0 Å². The lowest BCUT2D eigenvalue weighted by Crippen LogP contribution is -2.63. The van der Waals surface area contributed by atoms with Crippen LogP contribution in [0.5, 0.6) is 0 Å². The number of anilines is 1. The Morgan fingerprint density at radius 1 is 1.37 bits per heavy atom. The second-order valence-corrected chi connectivity index (χ2v) is 7.23. The van der Waals surface area contributed by atoms with Crippen LogP contribution < -0.4 is 4.90 Å². The number of nitrogens with zero attached hydrogens (tertiary/aromatic N) is 2. The fourth-order valence-corrected chi connectivity index (χ4v) is 2.51. The molecule has 1 aliphatic heterocycles. The Hall–Kier alpha value is -2.20. The van der Waals surface area contributed by atoms with Crippen LogP contribution in [0.25, 0.3) is 0 Å². The summed E-state index contributed by atoms with van der Waals surface area (Å²) in [6.45, 7) is 5.75. The van der Waals surface area contributed by atoms with Gasteiger partial charge in [0.25, 0.3) is 5.91 Å². The molecule has 1 aliphatic rings. The molecule has 1 aromatic rings. The Kier molecular flexibility index (Phi) is 5.53. The van der Waals surface area contributed by atoms with Crippen molar-refractivity contribution in [1.82, 2.24) is 4.98 Å². The predicted octanol–water partition coefficient (Wildman–Crippen LogP) is 1.92. The van der Waals surface area contributed by atoms with Crippen LogP contribution in [-0.4, -0.2) is 52.4 Å². The molecule has 0 saturated carbocycles. The van der Waals surface area contributed by atoms with Gasteiger partial charge in [-0.1, -0.05) is 6.07 Å². The third kappa shape index (κ3) is 4.56. The van der Waals surface area contributed by atoms with Gasteiger partial charge in [0.05, 0.1) is 13.2 Å². The van der Waals surface area contributed by atoms with Gasteiger partial charge >= 0.3 is 12.1 Å². The van der Waals surface area contributed by atoms with Gasteiger partial charge < -0.3 is 14.6 Å². The molecule has 1 aromatic heterocycles. The molecule has 0 bridgehead atoms. The minimum Gasteiger partial charge on any atom is -0.458 e. The van der Waals surface area contributed by atoms with E-state index in [1.165, 1.54) is 13.0 Å². The summed E-state index contributed by atoms with van der Waals surface area (Å²) >= 11 is 0. The number of esters is 1. The van der Waals surface area contributed by atoms with Crippen LogP contribution in [-0.2, 0) is 25.2 Å². The van der Waals surface area contributed by atoms with Crippen LogP contribution in [0.2, 0.25) is 0 Å². The third-order valence-electron chi connectivity index (χ3n) is 3.84. The molecule has 7 nitrogen and oxygen atoms in total. The highest BCUT2D eigenvalue weighted by Crippen LogP contribution is 2.31. The first-order valence-electron chi connectivity index (χ1n) is 8.17. The molecule has 1 amide bonds. The van der Waals surface area contributed by atoms with E-state index in [0.717, 1.165) is 17.0 Å². The Balaban J connectivity index is 2.31. The van der Waals surface area contributed by atoms with Crippen molar-refractivity contribution in [3.8, 4) is 0 Å². The topological polar surface area (TPSA) is 89.0 Å². The summed E-state index contributed by atoms with van der Waals surface area (Å²) in [5.74, 6) is -2.21. The minimum atomic E-state index is -4.68. The van der Waals surface area contributed by atoms with Gasteiger partial charge in [0.2, 0.25) is 0 Å². The quantitative estimate of drug-likeness (QED) is 0.794. The number of pyridine rings is 1. The standard InChI is InChI=1S/C17H21F3N2O5/c1-15(2,3)27-13(24)12(23)16(4)14(25)22(8-9-26-16)11-7-5-6-10(21-11)17(18,19)20/h5-7,12,23H,8-9H2,1-4H3/t12-,16+/m0/s1. The zero-order valence-corrected chi connectivity index (χ0v) is 15.3. The molecular formula is C17H21F3N2O5. The van der Waals surface area contributed by atoms with Crippen molar-refractivity contribution in [2.24, 2.45) is 0 Å². The maximum absolute atomic E-state index is 12.9. The number of hydrogen-bond acceptors (Lipinski definition) is 6. The first-order chi connectivity index (χ1) is 12.3. The molecule has 0 aliphatic carbocycles. The molecule has 1 saturated heterocycles. The van der Waals surface area contributed by atoms with Gasteiger partial charge in [-0.15, -0.1) is 0 Å². The summed E-state index contributed by atoms with van der Waals surface area (Å²) < 4.78 is 49.1. The number of aliphatic hydroxyl groups excluding tert-OH is 1. The molecule has 150 valence electrons. The molecule has 2 heterocycles. The van der Waals surface area contributed by atoms with Gasteiger partial charge in [-0.3, -0.25) is 9.69 Å². The highest BCUT2D eigenvalue weighted by Gasteiger charge is 2.52. The molecule has 0 aromatic carbocycles. The summed E-state index contributed by atoms with van der Waals surface area (Å²) in [5, 5.41) is 10.3. The van der Waals surface area contributed by atoms with Gasteiger partial charge in [-0.25, -0.2) is 9.78 Å². The number of aromatic nitrogens is 1. The highest BCUT2D eigenvalue weighted by molar-refractivity contribution is 6.02. The van der Waals surface area contributed by atoms with E-state index in [4.69, 9.17) is 9.47 Å². The molecule has 0 radical (unpaired) electrons. The van der Waals surface area contributed by atoms with Gasteiger partial charge in [-0.2, -0.15) is 13.2 Å². The van der Waals surface area contributed by atoms with Crippen molar-refractivity contribution >= 4 is 17.7 Å². The van der Waals surface area contributed by atoms with E-state index in [0.29, 0.717) is 0 Å². The maximum atomic E-state index is 12.9. The second-order valence-electron chi connectivity index (χ2n) is 7.23. The van der Waals surface area contributed by atoms with E-state index in [2.05, 4.69) is 4.98 Å². The molecule has 1 fully saturated rings. The number of carbonyl (C=O) groups excluding carboxylic acids is 2. The number of aliphatic hydroxyl groups is 1. The van der Waals surface area contributed by atoms with Gasteiger partial charge in [0.15, 0.2) is 11.7 Å². The van der Waals surface area contributed by atoms with Crippen LogP contribution in [0.15, 0.2) is 18.2 Å². The summed E-state index contributed by atoms with van der Waals surface area (Å²) in [7, 11) is 0. The Morgan fingerprint density at radius 3 is 2.56 bits per heavy atom. The van der Waals surface area contributed by atoms with E-state index < -0.39 is 41.1 Å². The number of amides is 1. The Labute approximate surface area is 154 Å². The lowest BCUT2D eigenvalue weighted by Gasteiger charge is -2.41. The van der Waals surface area contributed by atoms with Crippen molar-refractivity contribution in [2.45, 2.75) is 51.2 Å². The smallest absolute Gasteiger partial charge is 0.433 e. The van der Waals surface area contributed by atoms with Gasteiger partial charge in [0.1, 0.15) is 17.1 Å². The van der Waals surface area contributed by atoms with E-state index in [1.54, 1.807) is 20.8 Å². The highest BCUT2D eigenvalue weighted by atomic mass is 19.4. The average molecular weight is 390 g/mol. The SMILES string of the molecule is CC(C)(C)OC(=O)[C@H](O)[C@@]1(C)OCCN(c2cccc(C(F)(F)F)n2)C1=O. The van der Waals surface area contributed by atoms with Crippen LogP contribution in [0, 0.1) is 0 Å². The molecule has 0 unspecified atom stereocenters. The molecular weight excluding hydrogens is 369 g/mol. The average Bonchev–Trinajstić information content (AvgIpc) is 2.54. The van der Waals surface area contributed by atoms with E-state index in [1.807, 2.05) is 0 Å². The summed E-state index contributed by atoms with van der Waals surface area (Å²) in [4.78, 5) is 29.4. The van der Waals surface area contributed by atoms with Crippen LogP contribution >= 0.6 is 0 Å². The predicted molar refractivity (Wildman–Crippen MR) is 87.8 cm³/mol. The molecule has 10 heteroatoms. The van der Waals surface area contributed by atoms with Crippen molar-refractivity contribution in [2.75, 3.05) is 18.1 Å². The monoisotopic (exact) mass is 390 g/mol. The summed E-state index contributed by atoms with van der Waals surface area (Å²) in [6.07, 6.45) is -6.64. The third-order valence-corrected chi connectivity index (χ3v) is 3.84. The molecule has 0 spiro atoms. The van der Waals surface area contributed by atoms with Crippen LogP contribution in [0.3, 0.4) is 0 Å². The zero-order chi connectivity index (χ0) is 20.6. The van der Waals surface area contributed by atoms with E-state index in [9.17, 15) is 27.9 Å². The maximum Gasteiger partial charge on any atom is 0.433 e. The number of hydrogen-bond donors (Lipinski definition) is 1. The van der Waals surface area contributed by atoms with Crippen molar-refractivity contribution < 1.29 is 37.3 Å². The lowest BCUT2D eigenvalue weighted by atomic mass is 9.95. The van der Waals surface area contributed by atoms with Crippen molar-refractivity contribution in [3.05, 3.63) is 23.9 Å². The Morgan fingerprint density at radius 2 is 2.00 bits per heavy atom. The number of ether oxygens (including phenoxy) is 2. The molecule has 1 N–H and O–H groups in total. The first-order valence-corrected chi connectivity index (χ1v) is 8.17. The number of halogens is 3. The lowest BCUT2D eigenvalue weighted by molar-refractivity contribution is -0.191. The first kappa shape index (κ1) is 21.1. The van der Waals surface area contributed by atoms with E-state index in [-0.39, 0.29) is 19.0 Å². The van der Waals surface area contributed by atoms with Crippen molar-refractivity contribution in [1.29, 1.82) is 0 Å². The fourth-order valence-electron chi connectivity index (χ4n) is 2.51.